The summed E-state index contributed by atoms with van der Waals surface area (Å²) in [6, 6.07) is 2.52. The molecule has 3 fully saturated rings. The number of Topliss-reactive ketones (excluding diaryl/α,β-unsaturated/α-hetero) is 1. The van der Waals surface area contributed by atoms with E-state index >= 15 is 0 Å². The molecule has 3 aliphatic rings. The standard InChI is InChI=1S/C30H41N7O7S/c1-45(43,44)22-12-10-20(11-13-22)27(40)33-23(16-19-8-4-2-5-9-19)29(42)37-18-21(35-36-32)17-24(37)28(41)34-30(25(38)26(31)39)14-6-3-7-15-30/h10-13,19,21,23-24H,2-9,14-18H2,1H3,(H2,31,39)(H,33,40)(H,34,41)/t21-,23?,24-/m0/s1. The highest BCUT2D eigenvalue weighted by Gasteiger charge is 2.48. The molecule has 4 amide bonds. The van der Waals surface area contributed by atoms with Crippen molar-refractivity contribution in [2.24, 2.45) is 16.8 Å². The SMILES string of the molecule is CS(=O)(=O)c1ccc(C(=O)NC(CC2CCCCC2)C(=O)N2C[C@@H](N=[N+]=[N-])C[C@H]2C(=O)NC2(C(=O)C(N)=O)CCCCC2)cc1. The number of rotatable bonds is 11. The molecule has 2 saturated carbocycles. The molecular formula is C30H41N7O7S. The predicted molar refractivity (Wildman–Crippen MR) is 163 cm³/mol. The van der Waals surface area contributed by atoms with Crippen LogP contribution in [0.4, 0.5) is 0 Å². The lowest BCUT2D eigenvalue weighted by Crippen LogP contribution is -2.62. The molecule has 1 saturated heterocycles. The quantitative estimate of drug-likeness (QED) is 0.141. The van der Waals surface area contributed by atoms with Crippen LogP contribution in [0.25, 0.3) is 10.4 Å². The highest BCUT2D eigenvalue weighted by molar-refractivity contribution is 7.90. The Hall–Kier alpha value is -3.97. The molecule has 0 radical (unpaired) electrons. The molecule has 1 aromatic carbocycles. The second kappa shape index (κ2) is 14.4. The molecule has 4 rings (SSSR count). The average Bonchev–Trinajstić information content (AvgIpc) is 3.45. The minimum absolute atomic E-state index is 0.000472. The van der Waals surface area contributed by atoms with Crippen molar-refractivity contribution in [1.82, 2.24) is 15.5 Å². The lowest BCUT2D eigenvalue weighted by Gasteiger charge is -2.38. The molecule has 1 aromatic rings. The Balaban J connectivity index is 1.61. The van der Waals surface area contributed by atoms with Crippen LogP contribution < -0.4 is 16.4 Å². The van der Waals surface area contributed by atoms with Crippen LogP contribution in [0.3, 0.4) is 0 Å². The van der Waals surface area contributed by atoms with Gasteiger partial charge in [0.1, 0.15) is 17.6 Å². The zero-order valence-corrected chi connectivity index (χ0v) is 26.3. The third kappa shape index (κ3) is 8.20. The van der Waals surface area contributed by atoms with Crippen LogP contribution in [0.1, 0.15) is 87.4 Å². The van der Waals surface area contributed by atoms with Gasteiger partial charge in [0, 0.05) is 23.3 Å². The molecular weight excluding hydrogens is 602 g/mol. The molecule has 0 bridgehead atoms. The molecule has 1 unspecified atom stereocenters. The van der Waals surface area contributed by atoms with Crippen molar-refractivity contribution in [2.45, 2.75) is 106 Å². The minimum Gasteiger partial charge on any atom is -0.363 e. The van der Waals surface area contributed by atoms with Gasteiger partial charge in [-0.25, -0.2) is 8.42 Å². The van der Waals surface area contributed by atoms with E-state index in [9.17, 15) is 32.4 Å². The summed E-state index contributed by atoms with van der Waals surface area (Å²) in [4.78, 5) is 70.4. The zero-order chi connectivity index (χ0) is 32.8. The first kappa shape index (κ1) is 33.9. The van der Waals surface area contributed by atoms with Crippen molar-refractivity contribution in [2.75, 3.05) is 12.8 Å². The molecule has 1 heterocycles. The smallest absolute Gasteiger partial charge is 0.287 e. The summed E-state index contributed by atoms with van der Waals surface area (Å²) in [6.45, 7) is -0.0716. The number of sulfone groups is 1. The zero-order valence-electron chi connectivity index (χ0n) is 25.4. The Bertz CT molecular complexity index is 1460. The Morgan fingerprint density at radius 3 is 2.24 bits per heavy atom. The van der Waals surface area contributed by atoms with Gasteiger partial charge >= 0.3 is 0 Å². The minimum atomic E-state index is -3.47. The van der Waals surface area contributed by atoms with Crippen LogP contribution in [-0.4, -0.2) is 79.2 Å². The van der Waals surface area contributed by atoms with Crippen molar-refractivity contribution in [3.63, 3.8) is 0 Å². The van der Waals surface area contributed by atoms with Crippen LogP contribution in [0.2, 0.25) is 0 Å². The number of amides is 4. The van der Waals surface area contributed by atoms with E-state index in [1.807, 2.05) is 0 Å². The Morgan fingerprint density at radius 2 is 1.67 bits per heavy atom. The van der Waals surface area contributed by atoms with Crippen LogP contribution >= 0.6 is 0 Å². The third-order valence-electron chi connectivity index (χ3n) is 9.25. The van der Waals surface area contributed by atoms with Crippen molar-refractivity contribution in [1.29, 1.82) is 0 Å². The number of likely N-dealkylation sites (tertiary alicyclic amines) is 1. The summed E-state index contributed by atoms with van der Waals surface area (Å²) >= 11 is 0. The van der Waals surface area contributed by atoms with Gasteiger partial charge in [-0.1, -0.05) is 56.5 Å². The molecule has 14 nitrogen and oxygen atoms in total. The van der Waals surface area contributed by atoms with E-state index in [-0.39, 0.29) is 42.2 Å². The number of benzene rings is 1. The predicted octanol–water partition coefficient (Wildman–Crippen LogP) is 2.31. The fourth-order valence-corrected chi connectivity index (χ4v) is 7.49. The molecule has 244 valence electrons. The van der Waals surface area contributed by atoms with Gasteiger partial charge < -0.3 is 21.3 Å². The topological polar surface area (TPSA) is 222 Å². The van der Waals surface area contributed by atoms with Gasteiger partial charge in [0.25, 0.3) is 11.8 Å². The van der Waals surface area contributed by atoms with Crippen molar-refractivity contribution < 1.29 is 32.4 Å². The van der Waals surface area contributed by atoms with Crippen LogP contribution in [0, 0.1) is 5.92 Å². The van der Waals surface area contributed by atoms with Gasteiger partial charge in [0.15, 0.2) is 9.84 Å². The maximum Gasteiger partial charge on any atom is 0.287 e. The van der Waals surface area contributed by atoms with Crippen LogP contribution in [-0.2, 0) is 29.0 Å². The van der Waals surface area contributed by atoms with Crippen molar-refractivity contribution in [3.8, 4) is 0 Å². The molecule has 3 atom stereocenters. The fraction of sp³-hybridized carbons (Fsp3) is 0.633. The molecule has 0 aromatic heterocycles. The van der Waals surface area contributed by atoms with Crippen LogP contribution in [0.15, 0.2) is 34.3 Å². The molecule has 0 spiro atoms. The first-order valence-corrected chi connectivity index (χ1v) is 17.4. The first-order valence-electron chi connectivity index (χ1n) is 15.5. The Morgan fingerprint density at radius 1 is 1.04 bits per heavy atom. The summed E-state index contributed by atoms with van der Waals surface area (Å²) in [5, 5.41) is 9.32. The largest absolute Gasteiger partial charge is 0.363 e. The number of nitrogens with two attached hydrogens (primary N) is 1. The summed E-state index contributed by atoms with van der Waals surface area (Å²) < 4.78 is 23.7. The normalized spacial score (nSPS) is 22.5. The average molecular weight is 644 g/mol. The van der Waals surface area contributed by atoms with E-state index in [0.29, 0.717) is 19.3 Å². The number of nitrogens with one attached hydrogen (secondary N) is 2. The van der Waals surface area contributed by atoms with Crippen molar-refractivity contribution in [3.05, 3.63) is 40.3 Å². The molecule has 45 heavy (non-hydrogen) atoms. The highest BCUT2D eigenvalue weighted by atomic mass is 32.2. The monoisotopic (exact) mass is 643 g/mol. The van der Waals surface area contributed by atoms with E-state index in [2.05, 4.69) is 20.7 Å². The number of azide groups is 1. The van der Waals surface area contributed by atoms with E-state index < -0.39 is 62.9 Å². The van der Waals surface area contributed by atoms with Crippen molar-refractivity contribution >= 4 is 39.2 Å². The van der Waals surface area contributed by atoms with Gasteiger partial charge in [-0.15, -0.1) is 0 Å². The molecule has 1 aliphatic heterocycles. The lowest BCUT2D eigenvalue weighted by molar-refractivity contribution is -0.145. The summed E-state index contributed by atoms with van der Waals surface area (Å²) in [7, 11) is -3.47. The van der Waals surface area contributed by atoms with Gasteiger partial charge in [0.2, 0.25) is 17.6 Å². The number of primary amides is 1. The summed E-state index contributed by atoms with van der Waals surface area (Å²) in [6.07, 6.45) is 8.74. The summed E-state index contributed by atoms with van der Waals surface area (Å²) in [5.41, 5.74) is 13.1. The number of hydrogen-bond acceptors (Lipinski definition) is 8. The lowest BCUT2D eigenvalue weighted by atomic mass is 9.78. The number of carbonyl (C=O) groups is 5. The van der Waals surface area contributed by atoms with Gasteiger partial charge in [-0.3, -0.25) is 24.0 Å². The third-order valence-corrected chi connectivity index (χ3v) is 10.4. The van der Waals surface area contributed by atoms with E-state index in [1.54, 1.807) is 0 Å². The maximum atomic E-state index is 14.2. The van der Waals surface area contributed by atoms with E-state index in [4.69, 9.17) is 11.3 Å². The van der Waals surface area contributed by atoms with Gasteiger partial charge in [-0.05, 0) is 61.4 Å². The first-order chi connectivity index (χ1) is 21.3. The number of nitrogens with zero attached hydrogens (tertiary/aromatic N) is 4. The van der Waals surface area contributed by atoms with Gasteiger partial charge in [0.05, 0.1) is 10.9 Å². The number of hydrogen-bond donors (Lipinski definition) is 3. The molecule has 2 aliphatic carbocycles. The second-order valence-corrected chi connectivity index (χ2v) is 14.5. The Labute approximate surface area is 262 Å². The molecule has 4 N–H and O–H groups in total. The van der Waals surface area contributed by atoms with E-state index in [1.165, 1.54) is 29.2 Å². The van der Waals surface area contributed by atoms with Crippen LogP contribution in [0.5, 0.6) is 0 Å². The Kier molecular flexibility index (Phi) is 10.9. The van der Waals surface area contributed by atoms with Gasteiger partial charge in [-0.2, -0.15) is 0 Å². The fourth-order valence-electron chi connectivity index (χ4n) is 6.85. The maximum absolute atomic E-state index is 14.2. The summed E-state index contributed by atoms with van der Waals surface area (Å²) in [5.74, 6) is -3.65. The number of carbonyl (C=O) groups excluding carboxylic acids is 5. The number of ketones is 1. The second-order valence-electron chi connectivity index (χ2n) is 12.5. The highest BCUT2D eigenvalue weighted by Crippen LogP contribution is 2.32. The van der Waals surface area contributed by atoms with E-state index in [0.717, 1.165) is 44.8 Å². The molecule has 15 heteroatoms.